The number of carbonyl (C=O) groups is 4. The molecule has 150 valence electrons. The maximum Gasteiger partial charge on any atom is 0.333 e. The Morgan fingerprint density at radius 2 is 0.867 bits per heavy atom. The predicted molar refractivity (Wildman–Crippen MR) is 98.8 cm³/mol. The topological polar surface area (TPSA) is 93.2 Å². The summed E-state index contributed by atoms with van der Waals surface area (Å²) in [7, 11) is 0. The number of esters is 4. The van der Waals surface area contributed by atoms with Crippen molar-refractivity contribution in [2.45, 2.75) is 24.2 Å². The second-order valence-corrected chi connectivity index (χ2v) is 7.89. The van der Waals surface area contributed by atoms with Crippen LogP contribution in [-0.2, 0) is 28.7 Å². The standard InChI is InChI=1S/C22H16N2O6/c25-19-13-15(11-7-3-1-4-8-11)23-18-14(20(26)30-22(18)28)16(12-9-5-2-6-10-12)24(23)17(13)21(27)29-19/h1-10,13-18H/t13-,14-,15-,16+,17+,18-/m1/s1. The number of cyclic esters (lactones) is 4. The normalized spacial score (nSPS) is 35.2. The fourth-order valence-corrected chi connectivity index (χ4v) is 5.42. The third-order valence-corrected chi connectivity index (χ3v) is 6.48. The Morgan fingerprint density at radius 1 is 0.500 bits per heavy atom. The molecule has 4 saturated heterocycles. The van der Waals surface area contributed by atoms with E-state index in [0.29, 0.717) is 0 Å². The largest absolute Gasteiger partial charge is 0.392 e. The zero-order valence-electron chi connectivity index (χ0n) is 15.6. The van der Waals surface area contributed by atoms with Crippen LogP contribution in [0.25, 0.3) is 0 Å². The number of ether oxygens (including phenoxy) is 2. The van der Waals surface area contributed by atoms with Crippen LogP contribution < -0.4 is 0 Å². The molecule has 0 aliphatic carbocycles. The van der Waals surface area contributed by atoms with E-state index < -0.39 is 59.9 Å². The molecule has 4 heterocycles. The monoisotopic (exact) mass is 404 g/mol. The maximum atomic E-state index is 12.7. The molecule has 4 fully saturated rings. The molecule has 0 spiro atoms. The Kier molecular flexibility index (Phi) is 3.54. The Balaban J connectivity index is 1.58. The fraction of sp³-hybridized carbons (Fsp3) is 0.273. The van der Waals surface area contributed by atoms with Crippen LogP contribution in [0.3, 0.4) is 0 Å². The molecule has 0 radical (unpaired) electrons. The third kappa shape index (κ3) is 2.12. The summed E-state index contributed by atoms with van der Waals surface area (Å²) in [5, 5.41) is 3.44. The number of hydrogen-bond donors (Lipinski definition) is 0. The van der Waals surface area contributed by atoms with Crippen molar-refractivity contribution in [1.82, 2.24) is 10.0 Å². The SMILES string of the molecule is O=C1OC(=O)[C@@H]2[C@H]1[C@@H](c1ccccc1)N1[C@H]3C(=O)OC(=O)[C@@H]3[C@H](c3ccccc3)N21. The molecule has 0 bridgehead atoms. The van der Waals surface area contributed by atoms with E-state index in [4.69, 9.17) is 9.47 Å². The first-order valence-electron chi connectivity index (χ1n) is 9.75. The molecule has 2 aromatic rings. The molecule has 8 nitrogen and oxygen atoms in total. The molecule has 0 N–H and O–H groups in total. The average molecular weight is 404 g/mol. The summed E-state index contributed by atoms with van der Waals surface area (Å²) in [5.74, 6) is -4.14. The predicted octanol–water partition coefficient (Wildman–Crippen LogP) is 1.15. The van der Waals surface area contributed by atoms with Crippen molar-refractivity contribution < 1.29 is 28.7 Å². The van der Waals surface area contributed by atoms with Gasteiger partial charge < -0.3 is 9.47 Å². The average Bonchev–Trinajstić information content (AvgIpc) is 3.43. The Bertz CT molecular complexity index is 1000. The van der Waals surface area contributed by atoms with E-state index >= 15 is 0 Å². The van der Waals surface area contributed by atoms with Crippen molar-refractivity contribution in [3.05, 3.63) is 71.8 Å². The van der Waals surface area contributed by atoms with Gasteiger partial charge in [0.1, 0.15) is 23.9 Å². The first-order valence-corrected chi connectivity index (χ1v) is 9.75. The van der Waals surface area contributed by atoms with E-state index in [0.717, 1.165) is 11.1 Å². The first-order chi connectivity index (χ1) is 14.6. The van der Waals surface area contributed by atoms with Gasteiger partial charge in [-0.25, -0.2) is 19.6 Å². The molecule has 0 amide bonds. The molecule has 2 aromatic carbocycles. The number of benzene rings is 2. The van der Waals surface area contributed by atoms with Gasteiger partial charge in [0.2, 0.25) is 0 Å². The maximum absolute atomic E-state index is 12.7. The van der Waals surface area contributed by atoms with Crippen molar-refractivity contribution in [3.63, 3.8) is 0 Å². The highest BCUT2D eigenvalue weighted by Crippen LogP contribution is 2.58. The number of nitrogens with zero attached hydrogens (tertiary/aromatic N) is 2. The molecular formula is C22H16N2O6. The van der Waals surface area contributed by atoms with Crippen molar-refractivity contribution in [2.75, 3.05) is 0 Å². The Hall–Kier alpha value is -3.36. The molecule has 4 aliphatic rings. The zero-order chi connectivity index (χ0) is 20.6. The van der Waals surface area contributed by atoms with Crippen LogP contribution in [0.5, 0.6) is 0 Å². The van der Waals surface area contributed by atoms with Crippen LogP contribution >= 0.6 is 0 Å². The van der Waals surface area contributed by atoms with Crippen molar-refractivity contribution in [1.29, 1.82) is 0 Å². The molecule has 0 saturated carbocycles. The summed E-state index contributed by atoms with van der Waals surface area (Å²) >= 11 is 0. The lowest BCUT2D eigenvalue weighted by Gasteiger charge is -2.33. The van der Waals surface area contributed by atoms with Gasteiger partial charge in [0.15, 0.2) is 0 Å². The lowest BCUT2D eigenvalue weighted by atomic mass is 9.84. The summed E-state index contributed by atoms with van der Waals surface area (Å²) in [6.45, 7) is 0. The second kappa shape index (κ2) is 6.07. The molecule has 6 rings (SSSR count). The summed E-state index contributed by atoms with van der Waals surface area (Å²) in [6, 6.07) is 15.3. The van der Waals surface area contributed by atoms with Gasteiger partial charge in [-0.2, -0.15) is 0 Å². The first kappa shape index (κ1) is 17.5. The van der Waals surface area contributed by atoms with E-state index in [1.54, 1.807) is 10.0 Å². The lowest BCUT2D eigenvalue weighted by Crippen LogP contribution is -2.45. The number of fused-ring (bicyclic) bond motifs is 5. The van der Waals surface area contributed by atoms with Gasteiger partial charge in [0.05, 0.1) is 12.1 Å². The number of rotatable bonds is 2. The fourth-order valence-electron chi connectivity index (χ4n) is 5.42. The lowest BCUT2D eigenvalue weighted by molar-refractivity contribution is -0.167. The van der Waals surface area contributed by atoms with E-state index in [1.807, 2.05) is 60.7 Å². The van der Waals surface area contributed by atoms with E-state index in [9.17, 15) is 19.2 Å². The highest BCUT2D eigenvalue weighted by Gasteiger charge is 2.72. The smallest absolute Gasteiger partial charge is 0.333 e. The number of hydrogen-bond acceptors (Lipinski definition) is 8. The van der Waals surface area contributed by atoms with Gasteiger partial charge in [-0.3, -0.25) is 9.59 Å². The number of carbonyl (C=O) groups excluding carboxylic acids is 4. The molecule has 30 heavy (non-hydrogen) atoms. The number of hydrazine groups is 1. The second-order valence-electron chi connectivity index (χ2n) is 7.89. The van der Waals surface area contributed by atoms with Crippen LogP contribution in [0, 0.1) is 11.8 Å². The highest BCUT2D eigenvalue weighted by molar-refractivity contribution is 6.02. The molecule has 6 atom stereocenters. The third-order valence-electron chi connectivity index (χ3n) is 6.48. The van der Waals surface area contributed by atoms with Gasteiger partial charge >= 0.3 is 23.9 Å². The van der Waals surface area contributed by atoms with Gasteiger partial charge in [0, 0.05) is 0 Å². The molecule has 8 heteroatoms. The van der Waals surface area contributed by atoms with Gasteiger partial charge in [-0.1, -0.05) is 60.7 Å². The van der Waals surface area contributed by atoms with Crippen molar-refractivity contribution in [2.24, 2.45) is 11.8 Å². The summed E-state index contributed by atoms with van der Waals surface area (Å²) in [5.41, 5.74) is 1.53. The molecule has 0 unspecified atom stereocenters. The van der Waals surface area contributed by atoms with Crippen LogP contribution in [0.4, 0.5) is 0 Å². The minimum Gasteiger partial charge on any atom is -0.392 e. The van der Waals surface area contributed by atoms with Crippen molar-refractivity contribution >= 4 is 23.9 Å². The van der Waals surface area contributed by atoms with Gasteiger partial charge in [-0.05, 0) is 11.1 Å². The van der Waals surface area contributed by atoms with E-state index in [1.165, 1.54) is 0 Å². The molecular weight excluding hydrogens is 388 g/mol. The quantitative estimate of drug-likeness (QED) is 0.544. The minimum absolute atomic E-state index is 0.616. The zero-order valence-corrected chi connectivity index (χ0v) is 15.6. The molecule has 4 aliphatic heterocycles. The summed E-state index contributed by atoms with van der Waals surface area (Å²) in [6.07, 6.45) is 0. The van der Waals surface area contributed by atoms with Crippen LogP contribution in [0.1, 0.15) is 23.2 Å². The molecule has 0 aromatic heterocycles. The van der Waals surface area contributed by atoms with Gasteiger partial charge in [-0.15, -0.1) is 0 Å². The Labute approximate surface area is 170 Å². The highest BCUT2D eigenvalue weighted by atomic mass is 16.6. The summed E-state index contributed by atoms with van der Waals surface area (Å²) < 4.78 is 10.0. The van der Waals surface area contributed by atoms with Crippen LogP contribution in [-0.4, -0.2) is 46.0 Å². The minimum atomic E-state index is -0.904. The Morgan fingerprint density at radius 3 is 1.23 bits per heavy atom. The van der Waals surface area contributed by atoms with Gasteiger partial charge in [0.25, 0.3) is 0 Å². The van der Waals surface area contributed by atoms with Crippen LogP contribution in [0.15, 0.2) is 60.7 Å². The van der Waals surface area contributed by atoms with Crippen LogP contribution in [0.2, 0.25) is 0 Å². The van der Waals surface area contributed by atoms with Crippen molar-refractivity contribution in [3.8, 4) is 0 Å². The van der Waals surface area contributed by atoms with E-state index in [-0.39, 0.29) is 0 Å². The van der Waals surface area contributed by atoms with E-state index in [2.05, 4.69) is 0 Å². The summed E-state index contributed by atoms with van der Waals surface area (Å²) in [4.78, 5) is 50.8.